The molecule has 8 nitrogen and oxygen atoms in total. The molecule has 2 heterocycles. The predicted octanol–water partition coefficient (Wildman–Crippen LogP) is 6.40. The SMILES string of the molecule is CC1(C)CC(Nc2ccc(S(=O)(=O)Oc3ccc4nc(NC(=O)C5CC5)sc4c3)cc2)CC(C)(C)N1C1CCC1. The van der Waals surface area contributed by atoms with Gasteiger partial charge in [-0.1, -0.05) is 17.8 Å². The van der Waals surface area contributed by atoms with E-state index in [4.69, 9.17) is 4.18 Å². The molecule has 3 aliphatic rings. The van der Waals surface area contributed by atoms with E-state index >= 15 is 0 Å². The first-order chi connectivity index (χ1) is 18.9. The lowest BCUT2D eigenvalue weighted by molar-refractivity contribution is -0.117. The summed E-state index contributed by atoms with van der Waals surface area (Å²) >= 11 is 1.30. The van der Waals surface area contributed by atoms with Gasteiger partial charge in [-0.25, -0.2) is 4.98 Å². The number of nitrogens with one attached hydrogen (secondary N) is 2. The number of carbonyl (C=O) groups excluding carboxylic acids is 1. The quantitative estimate of drug-likeness (QED) is 0.297. The Bertz CT molecular complexity index is 1500. The molecule has 6 rings (SSSR count). The lowest BCUT2D eigenvalue weighted by Crippen LogP contribution is -2.67. The minimum absolute atomic E-state index is 0.0115. The maximum absolute atomic E-state index is 13.1. The number of anilines is 2. The van der Waals surface area contributed by atoms with E-state index in [2.05, 4.69) is 48.2 Å². The molecule has 2 saturated carbocycles. The second-order valence-electron chi connectivity index (χ2n) is 12.8. The van der Waals surface area contributed by atoms with Crippen molar-refractivity contribution in [2.75, 3.05) is 10.6 Å². The molecule has 1 aliphatic heterocycles. The summed E-state index contributed by atoms with van der Waals surface area (Å²) in [6, 6.07) is 12.7. The Kier molecular flexibility index (Phi) is 6.86. The number of carbonyl (C=O) groups is 1. The summed E-state index contributed by atoms with van der Waals surface area (Å²) in [6.07, 6.45) is 7.81. The van der Waals surface area contributed by atoms with E-state index < -0.39 is 10.1 Å². The van der Waals surface area contributed by atoms with E-state index in [1.165, 1.54) is 30.6 Å². The third-order valence-corrected chi connectivity index (χ3v) is 10.7. The Balaban J connectivity index is 1.11. The summed E-state index contributed by atoms with van der Waals surface area (Å²) in [4.78, 5) is 19.3. The van der Waals surface area contributed by atoms with Gasteiger partial charge in [0.05, 0.1) is 10.2 Å². The number of hydrogen-bond acceptors (Lipinski definition) is 8. The van der Waals surface area contributed by atoms with Gasteiger partial charge >= 0.3 is 10.1 Å². The number of hydrogen-bond donors (Lipinski definition) is 2. The Labute approximate surface area is 240 Å². The molecule has 0 bridgehead atoms. The van der Waals surface area contributed by atoms with Crippen LogP contribution in [0.4, 0.5) is 10.8 Å². The van der Waals surface area contributed by atoms with E-state index in [9.17, 15) is 13.2 Å². The number of likely N-dealkylation sites (tertiary alicyclic amines) is 1. The Morgan fingerprint density at radius 3 is 2.27 bits per heavy atom. The summed E-state index contributed by atoms with van der Waals surface area (Å²) in [5.41, 5.74) is 1.76. The van der Waals surface area contributed by atoms with Crippen molar-refractivity contribution >= 4 is 48.4 Å². The van der Waals surface area contributed by atoms with Crippen LogP contribution in [0.5, 0.6) is 5.75 Å². The molecule has 2 aromatic carbocycles. The summed E-state index contributed by atoms with van der Waals surface area (Å²) < 4.78 is 32.3. The number of fused-ring (bicyclic) bond motifs is 1. The van der Waals surface area contributed by atoms with Crippen molar-refractivity contribution in [3.8, 4) is 5.75 Å². The highest BCUT2D eigenvalue weighted by Crippen LogP contribution is 2.45. The maximum atomic E-state index is 13.1. The van der Waals surface area contributed by atoms with Crippen LogP contribution >= 0.6 is 11.3 Å². The van der Waals surface area contributed by atoms with Crippen molar-refractivity contribution in [2.24, 2.45) is 5.92 Å². The topological polar surface area (TPSA) is 101 Å². The molecule has 1 aromatic heterocycles. The van der Waals surface area contributed by atoms with Gasteiger partial charge in [-0.3, -0.25) is 9.69 Å². The number of nitrogens with zero attached hydrogens (tertiary/aromatic N) is 2. The monoisotopic (exact) mass is 582 g/mol. The fraction of sp³-hybridized carbons (Fsp3) is 0.533. The van der Waals surface area contributed by atoms with Crippen LogP contribution in [0.3, 0.4) is 0 Å². The minimum atomic E-state index is -4.02. The molecular formula is C30H38N4O4S2. The smallest absolute Gasteiger partial charge is 0.339 e. The second kappa shape index (κ2) is 9.99. The maximum Gasteiger partial charge on any atom is 0.339 e. The average molecular weight is 583 g/mol. The zero-order valence-corrected chi connectivity index (χ0v) is 25.2. The van der Waals surface area contributed by atoms with Gasteiger partial charge in [0.25, 0.3) is 0 Å². The van der Waals surface area contributed by atoms with Crippen LogP contribution in [0.2, 0.25) is 0 Å². The molecule has 0 atom stereocenters. The molecule has 3 fully saturated rings. The lowest BCUT2D eigenvalue weighted by Gasteiger charge is -2.60. The van der Waals surface area contributed by atoms with Crippen LogP contribution in [0.15, 0.2) is 47.4 Å². The zero-order chi connectivity index (χ0) is 28.3. The van der Waals surface area contributed by atoms with Crippen LogP contribution in [0.1, 0.15) is 72.6 Å². The normalized spacial score (nSPS) is 21.6. The summed E-state index contributed by atoms with van der Waals surface area (Å²) in [6.45, 7) is 9.40. The molecule has 0 spiro atoms. The van der Waals surface area contributed by atoms with Crippen LogP contribution in [0.25, 0.3) is 10.2 Å². The number of aromatic nitrogens is 1. The standard InChI is InChI=1S/C30H38N4O4S2/c1-29(2)17-21(18-30(3,4)34(29)22-6-5-7-22)31-20-10-13-24(14-11-20)40(36,37)38-23-12-15-25-26(16-23)39-28(32-25)33-27(35)19-8-9-19/h10-16,19,21-22,31H,5-9,17-18H2,1-4H3,(H,32,33,35). The van der Waals surface area contributed by atoms with Crippen molar-refractivity contribution in [3.63, 3.8) is 0 Å². The molecule has 10 heteroatoms. The van der Waals surface area contributed by atoms with Crippen molar-refractivity contribution in [1.82, 2.24) is 9.88 Å². The van der Waals surface area contributed by atoms with Gasteiger partial charge in [0.2, 0.25) is 5.91 Å². The Hall–Kier alpha value is -2.69. The van der Waals surface area contributed by atoms with Gasteiger partial charge in [-0.2, -0.15) is 8.42 Å². The molecule has 40 heavy (non-hydrogen) atoms. The molecule has 214 valence electrons. The van der Waals surface area contributed by atoms with E-state index in [1.807, 2.05) is 12.1 Å². The van der Waals surface area contributed by atoms with Crippen molar-refractivity contribution in [3.05, 3.63) is 42.5 Å². The third kappa shape index (κ3) is 5.58. The van der Waals surface area contributed by atoms with Crippen LogP contribution in [-0.2, 0) is 14.9 Å². The fourth-order valence-electron chi connectivity index (χ4n) is 6.72. The van der Waals surface area contributed by atoms with Gasteiger partial charge in [0.15, 0.2) is 5.13 Å². The van der Waals surface area contributed by atoms with E-state index in [0.29, 0.717) is 22.7 Å². The first-order valence-corrected chi connectivity index (χ1v) is 16.4. The molecular weight excluding hydrogens is 544 g/mol. The molecule has 1 saturated heterocycles. The first kappa shape index (κ1) is 27.5. The first-order valence-electron chi connectivity index (χ1n) is 14.2. The number of piperidine rings is 1. The van der Waals surface area contributed by atoms with Crippen LogP contribution in [-0.4, -0.2) is 47.4 Å². The van der Waals surface area contributed by atoms with Crippen LogP contribution < -0.4 is 14.8 Å². The van der Waals surface area contributed by atoms with Crippen molar-refractivity contribution in [1.29, 1.82) is 0 Å². The van der Waals surface area contributed by atoms with Gasteiger partial charge < -0.3 is 14.8 Å². The largest absolute Gasteiger partial charge is 0.382 e. The van der Waals surface area contributed by atoms with Gasteiger partial charge in [-0.15, -0.1) is 0 Å². The Morgan fingerprint density at radius 1 is 1.00 bits per heavy atom. The number of amides is 1. The Morgan fingerprint density at radius 2 is 1.68 bits per heavy atom. The highest BCUT2D eigenvalue weighted by Gasteiger charge is 2.49. The average Bonchev–Trinajstić information content (AvgIpc) is 3.61. The summed E-state index contributed by atoms with van der Waals surface area (Å²) in [5, 5.41) is 7.02. The molecule has 0 unspecified atom stereocenters. The number of benzene rings is 2. The zero-order valence-electron chi connectivity index (χ0n) is 23.6. The van der Waals surface area contributed by atoms with Gasteiger partial charge in [0.1, 0.15) is 10.6 Å². The molecule has 2 N–H and O–H groups in total. The van der Waals surface area contributed by atoms with Gasteiger partial charge in [-0.05, 0) is 103 Å². The van der Waals surface area contributed by atoms with Gasteiger partial charge in [0, 0.05) is 40.8 Å². The lowest BCUT2D eigenvalue weighted by atomic mass is 9.73. The molecule has 3 aromatic rings. The van der Waals surface area contributed by atoms with E-state index in [1.54, 1.807) is 30.3 Å². The fourth-order valence-corrected chi connectivity index (χ4v) is 8.54. The number of thiazole rings is 1. The highest BCUT2D eigenvalue weighted by atomic mass is 32.2. The van der Waals surface area contributed by atoms with Crippen molar-refractivity contribution in [2.45, 2.75) is 101 Å². The van der Waals surface area contributed by atoms with E-state index in [-0.39, 0.29) is 33.5 Å². The highest BCUT2D eigenvalue weighted by molar-refractivity contribution is 7.87. The minimum Gasteiger partial charge on any atom is -0.382 e. The van der Waals surface area contributed by atoms with Crippen molar-refractivity contribution < 1.29 is 17.4 Å². The number of rotatable bonds is 8. The molecule has 2 aliphatic carbocycles. The van der Waals surface area contributed by atoms with Crippen LogP contribution in [0, 0.1) is 5.92 Å². The molecule has 1 amide bonds. The second-order valence-corrected chi connectivity index (χ2v) is 15.4. The van der Waals surface area contributed by atoms with E-state index in [0.717, 1.165) is 36.1 Å². The molecule has 0 radical (unpaired) electrons. The third-order valence-electron chi connectivity index (χ3n) is 8.49. The summed E-state index contributed by atoms with van der Waals surface area (Å²) in [7, 11) is -4.02. The predicted molar refractivity (Wildman–Crippen MR) is 160 cm³/mol. The summed E-state index contributed by atoms with van der Waals surface area (Å²) in [5.74, 6) is 0.282.